The molecule has 0 aliphatic carbocycles. The summed E-state index contributed by atoms with van der Waals surface area (Å²) in [5.74, 6) is -1.50. The molecule has 0 fully saturated rings. The number of rotatable bonds is 6. The number of ether oxygens (including phenoxy) is 1. The molecule has 0 saturated carbocycles. The first-order valence-corrected chi connectivity index (χ1v) is 6.25. The molecule has 7 heteroatoms. The number of furan rings is 1. The van der Waals surface area contributed by atoms with E-state index in [2.05, 4.69) is 0 Å². The minimum Gasteiger partial charge on any atom is -0.480 e. The Morgan fingerprint density at radius 1 is 1.29 bits per heavy atom. The summed E-state index contributed by atoms with van der Waals surface area (Å²) in [7, 11) is 0. The van der Waals surface area contributed by atoms with Gasteiger partial charge in [0.05, 0.1) is 0 Å². The summed E-state index contributed by atoms with van der Waals surface area (Å²) >= 11 is 0. The Kier molecular flexibility index (Phi) is 4.13. The Labute approximate surface area is 119 Å². The molecule has 1 heterocycles. The van der Waals surface area contributed by atoms with Crippen molar-refractivity contribution in [2.45, 2.75) is 25.5 Å². The minimum absolute atomic E-state index is 0.313. The molecule has 1 unspecified atom stereocenters. The standard InChI is InChI=1S/C14H15NO6/c1-7-4-8-5-9(2-3-11(8)20-7)21-12(14(18)19)6-10(15)13(16)17/h2-5,10,12H,6,15H2,1H3,(H,16,17)(H,18,19)/t10-,12?/m0/s1. The molecule has 0 saturated heterocycles. The fourth-order valence-corrected chi connectivity index (χ4v) is 1.92. The van der Waals surface area contributed by atoms with E-state index in [0.29, 0.717) is 11.3 Å². The summed E-state index contributed by atoms with van der Waals surface area (Å²) in [4.78, 5) is 21.8. The molecular formula is C14H15NO6. The van der Waals surface area contributed by atoms with Crippen molar-refractivity contribution in [3.63, 3.8) is 0 Å². The second kappa shape index (κ2) is 5.84. The van der Waals surface area contributed by atoms with Gasteiger partial charge in [-0.15, -0.1) is 0 Å². The van der Waals surface area contributed by atoms with Crippen molar-refractivity contribution in [2.24, 2.45) is 5.73 Å². The number of carbonyl (C=O) groups is 2. The van der Waals surface area contributed by atoms with Gasteiger partial charge in [-0.2, -0.15) is 0 Å². The SMILES string of the molecule is Cc1cc2cc(OC(C[C@H](N)C(=O)O)C(=O)O)ccc2o1. The molecule has 0 aliphatic heterocycles. The number of carboxylic acid groups (broad SMARTS) is 2. The van der Waals surface area contributed by atoms with Crippen LogP contribution < -0.4 is 10.5 Å². The van der Waals surface area contributed by atoms with E-state index in [0.717, 1.165) is 11.1 Å². The number of nitrogens with two attached hydrogens (primary N) is 1. The van der Waals surface area contributed by atoms with E-state index in [1.807, 2.05) is 0 Å². The molecule has 0 radical (unpaired) electrons. The van der Waals surface area contributed by atoms with Gasteiger partial charge in [-0.3, -0.25) is 4.79 Å². The van der Waals surface area contributed by atoms with Crippen molar-refractivity contribution in [2.75, 3.05) is 0 Å². The van der Waals surface area contributed by atoms with Crippen LogP contribution in [0.3, 0.4) is 0 Å². The van der Waals surface area contributed by atoms with Gasteiger partial charge in [0.1, 0.15) is 23.1 Å². The monoisotopic (exact) mass is 293 g/mol. The fourth-order valence-electron chi connectivity index (χ4n) is 1.92. The topological polar surface area (TPSA) is 123 Å². The van der Waals surface area contributed by atoms with Crippen LogP contribution in [0.15, 0.2) is 28.7 Å². The zero-order valence-corrected chi connectivity index (χ0v) is 11.3. The van der Waals surface area contributed by atoms with Gasteiger partial charge in [-0.1, -0.05) is 0 Å². The van der Waals surface area contributed by atoms with Crippen LogP contribution in [0.5, 0.6) is 5.75 Å². The Bertz CT molecular complexity index is 677. The lowest BCUT2D eigenvalue weighted by Crippen LogP contribution is -2.39. The van der Waals surface area contributed by atoms with E-state index in [-0.39, 0.29) is 6.42 Å². The Morgan fingerprint density at radius 2 is 2.00 bits per heavy atom. The molecule has 2 atom stereocenters. The van der Waals surface area contributed by atoms with Crippen molar-refractivity contribution in [1.82, 2.24) is 0 Å². The van der Waals surface area contributed by atoms with Gasteiger partial charge in [0, 0.05) is 11.8 Å². The molecule has 112 valence electrons. The van der Waals surface area contributed by atoms with Crippen molar-refractivity contribution in [3.8, 4) is 5.75 Å². The van der Waals surface area contributed by atoms with Crippen molar-refractivity contribution in [1.29, 1.82) is 0 Å². The normalized spacial score (nSPS) is 13.8. The quantitative estimate of drug-likeness (QED) is 0.735. The van der Waals surface area contributed by atoms with Crippen LogP contribution in [-0.2, 0) is 9.59 Å². The van der Waals surface area contributed by atoms with E-state index in [1.54, 1.807) is 31.2 Å². The van der Waals surface area contributed by atoms with Gasteiger partial charge in [-0.25, -0.2) is 4.79 Å². The van der Waals surface area contributed by atoms with Crippen LogP contribution in [0.25, 0.3) is 11.0 Å². The van der Waals surface area contributed by atoms with Crippen LogP contribution in [0.4, 0.5) is 0 Å². The highest BCUT2D eigenvalue weighted by Crippen LogP contribution is 2.25. The van der Waals surface area contributed by atoms with Crippen LogP contribution >= 0.6 is 0 Å². The molecule has 0 bridgehead atoms. The van der Waals surface area contributed by atoms with E-state index < -0.39 is 24.1 Å². The van der Waals surface area contributed by atoms with Gasteiger partial charge in [-0.05, 0) is 31.2 Å². The molecule has 21 heavy (non-hydrogen) atoms. The highest BCUT2D eigenvalue weighted by molar-refractivity contribution is 5.80. The molecule has 7 nitrogen and oxygen atoms in total. The molecule has 1 aromatic heterocycles. The minimum atomic E-state index is -1.33. The maximum absolute atomic E-state index is 11.1. The summed E-state index contributed by atoms with van der Waals surface area (Å²) in [6.45, 7) is 1.80. The number of hydrogen-bond acceptors (Lipinski definition) is 5. The lowest BCUT2D eigenvalue weighted by molar-refractivity contribution is -0.146. The average Bonchev–Trinajstić information content (AvgIpc) is 2.76. The van der Waals surface area contributed by atoms with Crippen LogP contribution in [-0.4, -0.2) is 34.3 Å². The predicted molar refractivity (Wildman–Crippen MR) is 73.2 cm³/mol. The van der Waals surface area contributed by atoms with E-state index in [9.17, 15) is 9.59 Å². The lowest BCUT2D eigenvalue weighted by atomic mass is 10.1. The second-order valence-corrected chi connectivity index (χ2v) is 4.68. The summed E-state index contributed by atoms with van der Waals surface area (Å²) in [6, 6.07) is 5.35. The zero-order valence-electron chi connectivity index (χ0n) is 11.3. The van der Waals surface area contributed by atoms with Crippen molar-refractivity contribution >= 4 is 22.9 Å². The third-order valence-corrected chi connectivity index (χ3v) is 2.95. The van der Waals surface area contributed by atoms with Crippen LogP contribution in [0, 0.1) is 6.92 Å². The van der Waals surface area contributed by atoms with Crippen LogP contribution in [0.2, 0.25) is 0 Å². The maximum Gasteiger partial charge on any atom is 0.344 e. The summed E-state index contributed by atoms with van der Waals surface area (Å²) < 4.78 is 10.7. The first-order chi connectivity index (χ1) is 9.86. The fraction of sp³-hybridized carbons (Fsp3) is 0.286. The van der Waals surface area contributed by atoms with E-state index in [4.69, 9.17) is 25.1 Å². The van der Waals surface area contributed by atoms with Crippen molar-refractivity contribution in [3.05, 3.63) is 30.0 Å². The number of aliphatic carboxylic acids is 2. The maximum atomic E-state index is 11.1. The largest absolute Gasteiger partial charge is 0.480 e. The number of hydrogen-bond donors (Lipinski definition) is 3. The van der Waals surface area contributed by atoms with Gasteiger partial charge >= 0.3 is 11.9 Å². The summed E-state index contributed by atoms with van der Waals surface area (Å²) in [5.41, 5.74) is 6.01. The predicted octanol–water partition coefficient (Wildman–Crippen LogP) is 1.38. The molecule has 2 rings (SSSR count). The third kappa shape index (κ3) is 3.51. The molecule has 4 N–H and O–H groups in total. The number of fused-ring (bicyclic) bond motifs is 1. The van der Waals surface area contributed by atoms with Gasteiger partial charge < -0.3 is 25.1 Å². The molecule has 0 spiro atoms. The van der Waals surface area contributed by atoms with E-state index in [1.165, 1.54) is 0 Å². The molecule has 0 aliphatic rings. The first kappa shape index (κ1) is 14.9. The van der Waals surface area contributed by atoms with E-state index >= 15 is 0 Å². The van der Waals surface area contributed by atoms with Crippen molar-refractivity contribution < 1.29 is 29.0 Å². The highest BCUT2D eigenvalue weighted by Gasteiger charge is 2.26. The van der Waals surface area contributed by atoms with Gasteiger partial charge in [0.2, 0.25) is 0 Å². The molecule has 1 aromatic carbocycles. The van der Waals surface area contributed by atoms with Crippen LogP contribution in [0.1, 0.15) is 12.2 Å². The van der Waals surface area contributed by atoms with Gasteiger partial charge in [0.25, 0.3) is 0 Å². The third-order valence-electron chi connectivity index (χ3n) is 2.95. The summed E-state index contributed by atoms with van der Waals surface area (Å²) in [6.07, 6.45) is -1.66. The highest BCUT2D eigenvalue weighted by atomic mass is 16.5. The zero-order chi connectivity index (χ0) is 15.6. The first-order valence-electron chi connectivity index (χ1n) is 6.25. The number of carboxylic acids is 2. The Hall–Kier alpha value is -2.54. The Balaban J connectivity index is 2.18. The number of benzene rings is 1. The number of aryl methyl sites for hydroxylation is 1. The molecular weight excluding hydrogens is 278 g/mol. The molecule has 2 aromatic rings. The van der Waals surface area contributed by atoms with Gasteiger partial charge in [0.15, 0.2) is 6.10 Å². The average molecular weight is 293 g/mol. The smallest absolute Gasteiger partial charge is 0.344 e. The Morgan fingerprint density at radius 3 is 2.62 bits per heavy atom. The molecule has 0 amide bonds. The lowest BCUT2D eigenvalue weighted by Gasteiger charge is -2.17. The summed E-state index contributed by atoms with van der Waals surface area (Å²) in [5, 5.41) is 18.6. The second-order valence-electron chi connectivity index (χ2n) is 4.68.